The van der Waals surface area contributed by atoms with Crippen LogP contribution in [0.4, 0.5) is 4.39 Å². The molecule has 0 saturated heterocycles. The van der Waals surface area contributed by atoms with Crippen LogP contribution < -0.4 is 0 Å². The zero-order valence-corrected chi connectivity index (χ0v) is 10.6. The third kappa shape index (κ3) is 2.89. The van der Waals surface area contributed by atoms with Gasteiger partial charge in [-0.05, 0) is 29.7 Å². The van der Waals surface area contributed by atoms with Crippen LogP contribution in [0, 0.1) is 5.82 Å². The number of hydrogen-bond acceptors (Lipinski definition) is 1. The minimum absolute atomic E-state index is 0.105. The Labute approximate surface area is 111 Å². The van der Waals surface area contributed by atoms with Gasteiger partial charge in [0, 0.05) is 10.9 Å². The van der Waals surface area contributed by atoms with Crippen molar-refractivity contribution in [3.63, 3.8) is 0 Å². The normalized spacial score (nSPS) is 12.4. The van der Waals surface area contributed by atoms with Crippen LogP contribution in [0.15, 0.2) is 48.5 Å². The van der Waals surface area contributed by atoms with Crippen LogP contribution in [-0.4, -0.2) is 11.7 Å². The molecule has 0 radical (unpaired) electrons. The molecule has 0 heterocycles. The highest BCUT2D eigenvalue weighted by atomic mass is 35.5. The molecule has 3 heteroatoms. The van der Waals surface area contributed by atoms with Gasteiger partial charge in [0.25, 0.3) is 0 Å². The zero-order valence-electron chi connectivity index (χ0n) is 9.81. The van der Waals surface area contributed by atoms with Crippen LogP contribution in [-0.2, 0) is 6.42 Å². The molecule has 0 saturated carbocycles. The Bertz CT molecular complexity index is 527. The summed E-state index contributed by atoms with van der Waals surface area (Å²) in [5.41, 5.74) is 1.45. The van der Waals surface area contributed by atoms with Gasteiger partial charge in [-0.2, -0.15) is 0 Å². The summed E-state index contributed by atoms with van der Waals surface area (Å²) >= 11 is 6.08. The smallest absolute Gasteiger partial charge is 0.126 e. The molecule has 1 atom stereocenters. The number of aliphatic hydroxyl groups excluding tert-OH is 1. The molecule has 0 bridgehead atoms. The van der Waals surface area contributed by atoms with Crippen molar-refractivity contribution in [1.82, 2.24) is 0 Å². The molecule has 0 amide bonds. The van der Waals surface area contributed by atoms with Gasteiger partial charge in [-0.15, -0.1) is 0 Å². The molecule has 1 nitrogen and oxygen atoms in total. The van der Waals surface area contributed by atoms with E-state index in [1.165, 1.54) is 6.07 Å². The zero-order chi connectivity index (χ0) is 13.0. The second kappa shape index (κ2) is 5.98. The van der Waals surface area contributed by atoms with Crippen LogP contribution in [0.3, 0.4) is 0 Å². The Kier molecular flexibility index (Phi) is 4.34. The van der Waals surface area contributed by atoms with Crippen molar-refractivity contribution in [3.8, 4) is 0 Å². The summed E-state index contributed by atoms with van der Waals surface area (Å²) in [7, 11) is 0. The first-order chi connectivity index (χ1) is 8.72. The third-order valence-electron chi connectivity index (χ3n) is 2.99. The number of halogens is 2. The highest BCUT2D eigenvalue weighted by molar-refractivity contribution is 6.31. The largest absolute Gasteiger partial charge is 0.396 e. The van der Waals surface area contributed by atoms with E-state index in [9.17, 15) is 9.50 Å². The molecule has 0 aromatic heterocycles. The van der Waals surface area contributed by atoms with Crippen LogP contribution in [0.1, 0.15) is 17.0 Å². The summed E-state index contributed by atoms with van der Waals surface area (Å²) in [5.74, 6) is -0.560. The third-order valence-corrected chi connectivity index (χ3v) is 3.36. The van der Waals surface area contributed by atoms with Gasteiger partial charge in [0.2, 0.25) is 0 Å². The van der Waals surface area contributed by atoms with Gasteiger partial charge in [-0.1, -0.05) is 48.0 Å². The molecule has 1 N–H and O–H groups in total. The summed E-state index contributed by atoms with van der Waals surface area (Å²) in [4.78, 5) is 0. The second-order valence-corrected chi connectivity index (χ2v) is 4.60. The molecule has 0 aliphatic heterocycles. The lowest BCUT2D eigenvalue weighted by molar-refractivity contribution is 0.262. The molecule has 0 aliphatic rings. The Morgan fingerprint density at radius 2 is 1.72 bits per heavy atom. The SMILES string of the molecule is OCC(Cc1ccccc1Cl)c1ccccc1F. The van der Waals surface area contributed by atoms with Crippen LogP contribution in [0.2, 0.25) is 5.02 Å². The maximum absolute atomic E-state index is 13.7. The summed E-state index contributed by atoms with van der Waals surface area (Å²) < 4.78 is 13.7. The van der Waals surface area contributed by atoms with E-state index in [4.69, 9.17) is 11.6 Å². The Morgan fingerprint density at radius 1 is 1.06 bits per heavy atom. The Morgan fingerprint density at radius 3 is 2.39 bits per heavy atom. The minimum atomic E-state index is -0.288. The van der Waals surface area contributed by atoms with E-state index in [1.807, 2.05) is 18.2 Å². The lowest BCUT2D eigenvalue weighted by Crippen LogP contribution is -2.10. The van der Waals surface area contributed by atoms with E-state index in [0.29, 0.717) is 17.0 Å². The van der Waals surface area contributed by atoms with Crippen LogP contribution in [0.25, 0.3) is 0 Å². The Balaban J connectivity index is 2.26. The van der Waals surface area contributed by atoms with E-state index in [2.05, 4.69) is 0 Å². The average molecular weight is 265 g/mol. The molecule has 18 heavy (non-hydrogen) atoms. The van der Waals surface area contributed by atoms with Crippen LogP contribution >= 0.6 is 11.6 Å². The number of benzene rings is 2. The molecule has 2 aromatic rings. The van der Waals surface area contributed by atoms with E-state index < -0.39 is 0 Å². The topological polar surface area (TPSA) is 20.2 Å². The maximum atomic E-state index is 13.7. The predicted octanol–water partition coefficient (Wildman–Crippen LogP) is 3.80. The number of rotatable bonds is 4. The van der Waals surface area contributed by atoms with E-state index in [1.54, 1.807) is 24.3 Å². The molecule has 94 valence electrons. The van der Waals surface area contributed by atoms with Gasteiger partial charge in [-0.25, -0.2) is 4.39 Å². The molecular weight excluding hydrogens is 251 g/mol. The van der Waals surface area contributed by atoms with Crippen molar-refractivity contribution in [2.24, 2.45) is 0 Å². The fourth-order valence-corrected chi connectivity index (χ4v) is 2.22. The molecule has 0 fully saturated rings. The summed E-state index contributed by atoms with van der Waals surface area (Å²) in [6.07, 6.45) is 0.525. The minimum Gasteiger partial charge on any atom is -0.396 e. The lowest BCUT2D eigenvalue weighted by atomic mass is 9.92. The fraction of sp³-hybridized carbons (Fsp3) is 0.200. The summed E-state index contributed by atoms with van der Waals surface area (Å²) in [6.45, 7) is -0.105. The summed E-state index contributed by atoms with van der Waals surface area (Å²) in [5, 5.41) is 10.1. The molecule has 2 rings (SSSR count). The van der Waals surface area contributed by atoms with Crippen molar-refractivity contribution in [2.75, 3.05) is 6.61 Å². The van der Waals surface area contributed by atoms with Crippen molar-refractivity contribution < 1.29 is 9.50 Å². The average Bonchev–Trinajstić information content (AvgIpc) is 2.39. The quantitative estimate of drug-likeness (QED) is 0.891. The molecular formula is C15H14ClFO. The predicted molar refractivity (Wildman–Crippen MR) is 71.4 cm³/mol. The van der Waals surface area contributed by atoms with Gasteiger partial charge in [-0.3, -0.25) is 0 Å². The van der Waals surface area contributed by atoms with Crippen molar-refractivity contribution >= 4 is 11.6 Å². The van der Waals surface area contributed by atoms with Crippen molar-refractivity contribution in [3.05, 3.63) is 70.5 Å². The van der Waals surface area contributed by atoms with Gasteiger partial charge in [0.15, 0.2) is 0 Å². The maximum Gasteiger partial charge on any atom is 0.126 e. The molecule has 1 unspecified atom stereocenters. The lowest BCUT2D eigenvalue weighted by Gasteiger charge is -2.16. The van der Waals surface area contributed by atoms with Crippen molar-refractivity contribution in [2.45, 2.75) is 12.3 Å². The number of aliphatic hydroxyl groups is 1. The van der Waals surface area contributed by atoms with Gasteiger partial charge < -0.3 is 5.11 Å². The molecule has 2 aromatic carbocycles. The van der Waals surface area contributed by atoms with E-state index >= 15 is 0 Å². The summed E-state index contributed by atoms with van der Waals surface area (Å²) in [6, 6.07) is 14.0. The highest BCUT2D eigenvalue weighted by Gasteiger charge is 2.16. The molecule has 0 spiro atoms. The standard InChI is InChI=1S/C15H14ClFO/c16-14-7-3-1-5-11(14)9-12(10-18)13-6-2-4-8-15(13)17/h1-8,12,18H,9-10H2. The Hall–Kier alpha value is -1.38. The first-order valence-electron chi connectivity index (χ1n) is 5.81. The van der Waals surface area contributed by atoms with E-state index in [-0.39, 0.29) is 18.3 Å². The monoisotopic (exact) mass is 264 g/mol. The van der Waals surface area contributed by atoms with Crippen molar-refractivity contribution in [1.29, 1.82) is 0 Å². The molecule has 0 aliphatic carbocycles. The van der Waals surface area contributed by atoms with Gasteiger partial charge in [0.05, 0.1) is 6.61 Å². The first kappa shape index (κ1) is 13.1. The van der Waals surface area contributed by atoms with E-state index in [0.717, 1.165) is 5.56 Å². The number of hydrogen-bond donors (Lipinski definition) is 1. The first-order valence-corrected chi connectivity index (χ1v) is 6.19. The van der Waals surface area contributed by atoms with Gasteiger partial charge in [0.1, 0.15) is 5.82 Å². The highest BCUT2D eigenvalue weighted by Crippen LogP contribution is 2.26. The van der Waals surface area contributed by atoms with Crippen LogP contribution in [0.5, 0.6) is 0 Å². The second-order valence-electron chi connectivity index (χ2n) is 4.20. The van der Waals surface area contributed by atoms with Gasteiger partial charge >= 0.3 is 0 Å². The fourth-order valence-electron chi connectivity index (χ4n) is 2.01.